The first-order chi connectivity index (χ1) is 12.4. The molecule has 0 spiro atoms. The number of hydrogen-bond donors (Lipinski definition) is 2. The van der Waals surface area contributed by atoms with Gasteiger partial charge in [-0.15, -0.1) is 0 Å². The van der Waals surface area contributed by atoms with Gasteiger partial charge in [-0.3, -0.25) is 14.4 Å². The van der Waals surface area contributed by atoms with Gasteiger partial charge in [0.05, 0.1) is 17.7 Å². The van der Waals surface area contributed by atoms with Crippen LogP contribution in [0.3, 0.4) is 0 Å². The highest BCUT2D eigenvalue weighted by Crippen LogP contribution is 2.14. The van der Waals surface area contributed by atoms with Crippen molar-refractivity contribution in [3.8, 4) is 0 Å². The predicted octanol–water partition coefficient (Wildman–Crippen LogP) is 0.408. The van der Waals surface area contributed by atoms with E-state index in [2.05, 4.69) is 5.32 Å². The van der Waals surface area contributed by atoms with E-state index in [1.54, 1.807) is 28.5 Å². The van der Waals surface area contributed by atoms with Crippen LogP contribution in [0.25, 0.3) is 10.9 Å². The van der Waals surface area contributed by atoms with Crippen LogP contribution in [0.4, 0.5) is 0 Å². The lowest BCUT2D eigenvalue weighted by Gasteiger charge is -2.35. The number of aryl methyl sites for hydroxylation is 1. The quantitative estimate of drug-likeness (QED) is 0.832. The van der Waals surface area contributed by atoms with E-state index in [4.69, 9.17) is 0 Å². The second-order valence-corrected chi connectivity index (χ2v) is 6.75. The number of hydrogen-bond acceptors (Lipinski definition) is 4. The van der Waals surface area contributed by atoms with Crippen molar-refractivity contribution in [2.75, 3.05) is 13.1 Å². The molecule has 1 aromatic carbocycles. The third kappa shape index (κ3) is 3.62. The number of para-hydroxylation sites is 1. The molecule has 1 saturated heterocycles. The largest absolute Gasteiger partial charge is 0.389 e. The zero-order valence-electron chi connectivity index (χ0n) is 14.9. The van der Waals surface area contributed by atoms with E-state index in [0.29, 0.717) is 29.6 Å². The van der Waals surface area contributed by atoms with E-state index in [1.165, 1.54) is 13.0 Å². The highest BCUT2D eigenvalue weighted by molar-refractivity contribution is 5.83. The van der Waals surface area contributed by atoms with Crippen molar-refractivity contribution in [1.82, 2.24) is 14.8 Å². The third-order valence-corrected chi connectivity index (χ3v) is 4.90. The summed E-state index contributed by atoms with van der Waals surface area (Å²) < 4.78 is 1.79. The first-order valence-electron chi connectivity index (χ1n) is 8.69. The van der Waals surface area contributed by atoms with Crippen LogP contribution >= 0.6 is 0 Å². The fraction of sp³-hybridized carbons (Fsp3) is 0.421. The summed E-state index contributed by atoms with van der Waals surface area (Å²) in [6, 6.07) is 8.32. The van der Waals surface area contributed by atoms with Gasteiger partial charge >= 0.3 is 0 Å². The Labute approximate surface area is 151 Å². The van der Waals surface area contributed by atoms with Gasteiger partial charge in [0.15, 0.2) is 5.43 Å². The van der Waals surface area contributed by atoms with Gasteiger partial charge in [0.1, 0.15) is 6.54 Å². The average Bonchev–Trinajstić information content (AvgIpc) is 2.60. The van der Waals surface area contributed by atoms with E-state index >= 15 is 0 Å². The summed E-state index contributed by atoms with van der Waals surface area (Å²) >= 11 is 0. The van der Waals surface area contributed by atoms with Crippen LogP contribution < -0.4 is 10.7 Å². The molecule has 0 bridgehead atoms. The summed E-state index contributed by atoms with van der Waals surface area (Å²) in [7, 11) is 0. The van der Waals surface area contributed by atoms with E-state index < -0.39 is 6.10 Å². The Hall–Kier alpha value is -2.67. The molecule has 2 aromatic rings. The Kier molecular flexibility index (Phi) is 5.08. The summed E-state index contributed by atoms with van der Waals surface area (Å²) in [6.07, 6.45) is -0.278. The van der Waals surface area contributed by atoms with Crippen LogP contribution in [0.1, 0.15) is 19.0 Å². The van der Waals surface area contributed by atoms with Gasteiger partial charge in [-0.25, -0.2) is 0 Å². The summed E-state index contributed by atoms with van der Waals surface area (Å²) in [5, 5.41) is 13.6. The van der Waals surface area contributed by atoms with Crippen molar-refractivity contribution >= 4 is 22.7 Å². The van der Waals surface area contributed by atoms with Gasteiger partial charge in [0, 0.05) is 37.2 Å². The molecular formula is C19H23N3O4. The number of nitrogens with zero attached hydrogens (tertiary/aromatic N) is 2. The second-order valence-electron chi connectivity index (χ2n) is 6.75. The number of carbonyl (C=O) groups excluding carboxylic acids is 2. The van der Waals surface area contributed by atoms with Crippen LogP contribution in [0.5, 0.6) is 0 Å². The molecule has 0 saturated carbocycles. The number of benzene rings is 1. The molecule has 2 atom stereocenters. The fourth-order valence-electron chi connectivity index (χ4n) is 3.44. The number of likely N-dealkylation sites (tertiary alicyclic amines) is 1. The number of aromatic nitrogens is 1. The monoisotopic (exact) mass is 357 g/mol. The maximum absolute atomic E-state index is 12.5. The Morgan fingerprint density at radius 1 is 1.31 bits per heavy atom. The van der Waals surface area contributed by atoms with Crippen LogP contribution in [0.15, 0.2) is 35.1 Å². The van der Waals surface area contributed by atoms with E-state index in [0.717, 1.165) is 0 Å². The molecule has 1 aliphatic rings. The van der Waals surface area contributed by atoms with Crippen LogP contribution in [0.2, 0.25) is 0 Å². The van der Waals surface area contributed by atoms with Gasteiger partial charge < -0.3 is 19.9 Å². The summed E-state index contributed by atoms with van der Waals surface area (Å²) in [5.74, 6) is -0.314. The van der Waals surface area contributed by atoms with E-state index in [1.807, 2.05) is 12.1 Å². The number of carbonyl (C=O) groups is 2. The zero-order valence-corrected chi connectivity index (χ0v) is 14.9. The molecule has 0 radical (unpaired) electrons. The van der Waals surface area contributed by atoms with Gasteiger partial charge in [-0.05, 0) is 25.5 Å². The van der Waals surface area contributed by atoms with Crippen molar-refractivity contribution in [3.63, 3.8) is 0 Å². The molecule has 26 heavy (non-hydrogen) atoms. The average molecular weight is 357 g/mol. The highest BCUT2D eigenvalue weighted by atomic mass is 16.3. The lowest BCUT2D eigenvalue weighted by atomic mass is 10.0. The topological polar surface area (TPSA) is 91.6 Å². The van der Waals surface area contributed by atoms with Crippen molar-refractivity contribution in [1.29, 1.82) is 0 Å². The molecule has 0 unspecified atom stereocenters. The van der Waals surface area contributed by atoms with Gasteiger partial charge in [-0.1, -0.05) is 12.1 Å². The molecular weight excluding hydrogens is 334 g/mol. The van der Waals surface area contributed by atoms with Crippen LogP contribution in [0, 0.1) is 6.92 Å². The van der Waals surface area contributed by atoms with Gasteiger partial charge in [0.2, 0.25) is 11.8 Å². The van der Waals surface area contributed by atoms with Gasteiger partial charge in [-0.2, -0.15) is 0 Å². The first kappa shape index (κ1) is 18.1. The normalized spacial score (nSPS) is 20.2. The molecule has 138 valence electrons. The number of piperidine rings is 1. The van der Waals surface area contributed by atoms with Crippen LogP contribution in [-0.2, 0) is 16.1 Å². The molecule has 2 heterocycles. The number of aliphatic hydroxyl groups is 1. The Morgan fingerprint density at radius 2 is 2.04 bits per heavy atom. The fourth-order valence-corrected chi connectivity index (χ4v) is 3.44. The molecule has 2 N–H and O–H groups in total. The lowest BCUT2D eigenvalue weighted by Crippen LogP contribution is -2.55. The molecule has 7 heteroatoms. The SMILES string of the molecule is CC(=O)N1CC[C@@H](NC(=O)Cn2c(C)cc(=O)c3ccccc32)[C@H](O)C1. The van der Waals surface area contributed by atoms with Crippen molar-refractivity contribution in [3.05, 3.63) is 46.2 Å². The van der Waals surface area contributed by atoms with Crippen molar-refractivity contribution < 1.29 is 14.7 Å². The zero-order chi connectivity index (χ0) is 18.8. The smallest absolute Gasteiger partial charge is 0.240 e. The minimum Gasteiger partial charge on any atom is -0.389 e. The van der Waals surface area contributed by atoms with Crippen molar-refractivity contribution in [2.24, 2.45) is 0 Å². The van der Waals surface area contributed by atoms with Gasteiger partial charge in [0.25, 0.3) is 0 Å². The number of aliphatic hydroxyl groups excluding tert-OH is 1. The number of amides is 2. The summed E-state index contributed by atoms with van der Waals surface area (Å²) in [5.41, 5.74) is 1.34. The Morgan fingerprint density at radius 3 is 2.73 bits per heavy atom. The molecule has 1 aromatic heterocycles. The second kappa shape index (κ2) is 7.29. The lowest BCUT2D eigenvalue weighted by molar-refractivity contribution is -0.133. The maximum atomic E-state index is 12.5. The number of β-amino-alcohol motifs (C(OH)–C–C–N with tert-alkyl or cyclic N) is 1. The predicted molar refractivity (Wildman–Crippen MR) is 97.8 cm³/mol. The summed E-state index contributed by atoms with van der Waals surface area (Å²) in [6.45, 7) is 4.06. The first-order valence-corrected chi connectivity index (χ1v) is 8.69. The standard InChI is InChI=1S/C19H23N3O4/c1-12-9-17(24)14-5-3-4-6-16(14)22(12)11-19(26)20-15-7-8-21(13(2)23)10-18(15)25/h3-6,9,15,18,25H,7-8,10-11H2,1-2H3,(H,20,26)/t15-,18-/m1/s1. The minimum absolute atomic E-state index is 0.0618. The van der Waals surface area contributed by atoms with Crippen LogP contribution in [-0.4, -0.2) is 51.6 Å². The molecule has 0 aliphatic carbocycles. The number of rotatable bonds is 3. The van der Waals surface area contributed by atoms with E-state index in [-0.39, 0.29) is 36.4 Å². The molecule has 1 aliphatic heterocycles. The number of pyridine rings is 1. The highest BCUT2D eigenvalue weighted by Gasteiger charge is 2.30. The Bertz CT molecular complexity index is 905. The summed E-state index contributed by atoms with van der Waals surface area (Å²) in [4.78, 5) is 37.6. The van der Waals surface area contributed by atoms with E-state index in [9.17, 15) is 19.5 Å². The molecule has 2 amide bonds. The molecule has 3 rings (SSSR count). The number of fused-ring (bicyclic) bond motifs is 1. The Balaban J connectivity index is 1.74. The maximum Gasteiger partial charge on any atom is 0.240 e. The molecule has 7 nitrogen and oxygen atoms in total. The molecule has 1 fully saturated rings. The van der Waals surface area contributed by atoms with Crippen molar-refractivity contribution in [2.45, 2.75) is 39.0 Å². The number of nitrogens with one attached hydrogen (secondary N) is 1. The minimum atomic E-state index is -0.788. The third-order valence-electron chi connectivity index (χ3n) is 4.90.